The average molecular weight is 436 g/mol. The second-order valence-corrected chi connectivity index (χ2v) is 8.58. The first-order valence-corrected chi connectivity index (χ1v) is 10.8. The van der Waals surface area contributed by atoms with Gasteiger partial charge in [-0.3, -0.25) is 14.9 Å². The van der Waals surface area contributed by atoms with Gasteiger partial charge in [-0.15, -0.1) is 10.2 Å². The van der Waals surface area contributed by atoms with Gasteiger partial charge in [-0.25, -0.2) is 0 Å². The van der Waals surface area contributed by atoms with E-state index in [9.17, 15) is 9.59 Å². The number of nitrogens with one attached hydrogen (secondary N) is 1. The molecule has 0 unspecified atom stereocenters. The SMILES string of the molecule is Cc1nnc(NC(=O)c2cn(C[C@@H]3CCCO3)cc3c(=O)n(-c4ccccc4)nc2-3)s1. The molecule has 1 amide bonds. The van der Waals surface area contributed by atoms with Gasteiger partial charge >= 0.3 is 0 Å². The van der Waals surface area contributed by atoms with Crippen molar-refractivity contribution >= 4 is 22.4 Å². The summed E-state index contributed by atoms with van der Waals surface area (Å²) in [6.45, 7) is 3.11. The van der Waals surface area contributed by atoms with Crippen LogP contribution in [-0.2, 0) is 11.3 Å². The van der Waals surface area contributed by atoms with Gasteiger partial charge in [0.1, 0.15) is 10.7 Å². The minimum atomic E-state index is -0.388. The fraction of sp³-hybridized carbons (Fsp3) is 0.286. The fourth-order valence-corrected chi connectivity index (χ4v) is 4.30. The highest BCUT2D eigenvalue weighted by molar-refractivity contribution is 7.15. The maximum atomic E-state index is 13.2. The Hall–Kier alpha value is -3.37. The lowest BCUT2D eigenvalue weighted by Gasteiger charge is -2.15. The molecule has 5 rings (SSSR count). The van der Waals surface area contributed by atoms with E-state index in [1.54, 1.807) is 24.5 Å². The van der Waals surface area contributed by atoms with Crippen LogP contribution < -0.4 is 10.9 Å². The number of para-hydroxylation sites is 1. The first kappa shape index (κ1) is 19.6. The van der Waals surface area contributed by atoms with Crippen molar-refractivity contribution in [2.45, 2.75) is 32.4 Å². The first-order valence-electron chi connectivity index (χ1n) is 10.00. The van der Waals surface area contributed by atoms with E-state index >= 15 is 0 Å². The van der Waals surface area contributed by atoms with Crippen LogP contribution in [0.15, 0.2) is 47.5 Å². The van der Waals surface area contributed by atoms with E-state index in [0.717, 1.165) is 24.5 Å². The lowest BCUT2D eigenvalue weighted by atomic mass is 10.1. The maximum Gasteiger partial charge on any atom is 0.282 e. The smallest absolute Gasteiger partial charge is 0.282 e. The number of ether oxygens (including phenoxy) is 1. The lowest BCUT2D eigenvalue weighted by Crippen LogP contribution is -2.20. The van der Waals surface area contributed by atoms with Crippen LogP contribution in [0.1, 0.15) is 28.2 Å². The standard InChI is InChI=1S/C21H20N6O3S/c1-13-23-24-21(31-13)22-19(28)16-11-26(10-15-8-5-9-30-15)12-17-18(16)25-27(20(17)29)14-6-3-2-4-7-14/h2-4,6-7,11-12,15H,5,8-10H2,1H3,(H,22,24,28)/t15-/m0/s1. The first-order chi connectivity index (χ1) is 15.1. The zero-order valence-corrected chi connectivity index (χ0v) is 17.6. The van der Waals surface area contributed by atoms with E-state index < -0.39 is 0 Å². The number of hydrogen-bond acceptors (Lipinski definition) is 7. The Morgan fingerprint density at radius 2 is 2.10 bits per heavy atom. The van der Waals surface area contributed by atoms with Crippen LogP contribution in [0, 0.1) is 6.92 Å². The van der Waals surface area contributed by atoms with Gasteiger partial charge in [0.05, 0.1) is 22.9 Å². The molecule has 1 saturated heterocycles. The predicted molar refractivity (Wildman–Crippen MR) is 116 cm³/mol. The van der Waals surface area contributed by atoms with Crippen molar-refractivity contribution in [2.75, 3.05) is 11.9 Å². The van der Waals surface area contributed by atoms with Gasteiger partial charge in [-0.2, -0.15) is 9.78 Å². The highest BCUT2D eigenvalue weighted by Gasteiger charge is 2.26. The van der Waals surface area contributed by atoms with Crippen molar-refractivity contribution in [1.82, 2.24) is 24.5 Å². The van der Waals surface area contributed by atoms with Gasteiger partial charge in [0.15, 0.2) is 0 Å². The molecule has 0 spiro atoms. The predicted octanol–water partition coefficient (Wildman–Crippen LogP) is 2.73. The van der Waals surface area contributed by atoms with Gasteiger partial charge in [0.25, 0.3) is 11.5 Å². The highest BCUT2D eigenvalue weighted by Crippen LogP contribution is 2.25. The summed E-state index contributed by atoms with van der Waals surface area (Å²) in [7, 11) is 0. The molecule has 158 valence electrons. The van der Waals surface area contributed by atoms with Gasteiger partial charge in [-0.1, -0.05) is 29.5 Å². The van der Waals surface area contributed by atoms with Gasteiger partial charge < -0.3 is 9.30 Å². The summed E-state index contributed by atoms with van der Waals surface area (Å²) in [6, 6.07) is 9.15. The molecule has 4 heterocycles. The second kappa shape index (κ2) is 8.05. The van der Waals surface area contributed by atoms with Crippen LogP contribution in [0.2, 0.25) is 0 Å². The number of aromatic nitrogens is 5. The molecule has 2 aromatic rings. The Bertz CT molecular complexity index is 1260. The average Bonchev–Trinajstić information content (AvgIpc) is 3.50. The summed E-state index contributed by atoms with van der Waals surface area (Å²) < 4.78 is 8.91. The van der Waals surface area contributed by atoms with Crippen LogP contribution in [0.25, 0.3) is 16.9 Å². The van der Waals surface area contributed by atoms with E-state index in [4.69, 9.17) is 4.74 Å². The monoisotopic (exact) mass is 436 g/mol. The van der Waals surface area contributed by atoms with E-state index in [-0.39, 0.29) is 17.6 Å². The van der Waals surface area contributed by atoms with Crippen LogP contribution in [0.4, 0.5) is 5.13 Å². The molecule has 9 nitrogen and oxygen atoms in total. The summed E-state index contributed by atoms with van der Waals surface area (Å²) in [4.78, 5) is 26.3. The number of amides is 1. The summed E-state index contributed by atoms with van der Waals surface area (Å²) in [6.07, 6.45) is 5.48. The number of pyridine rings is 1. The zero-order valence-electron chi connectivity index (χ0n) is 16.8. The van der Waals surface area contributed by atoms with E-state index in [1.165, 1.54) is 16.0 Å². The third-order valence-electron chi connectivity index (χ3n) is 5.15. The molecule has 0 saturated carbocycles. The molecule has 31 heavy (non-hydrogen) atoms. The van der Waals surface area contributed by atoms with Crippen molar-refractivity contribution in [3.8, 4) is 16.9 Å². The van der Waals surface area contributed by atoms with Gasteiger partial charge in [0.2, 0.25) is 5.13 Å². The van der Waals surface area contributed by atoms with Crippen LogP contribution >= 0.6 is 11.3 Å². The van der Waals surface area contributed by atoms with Crippen LogP contribution in [-0.4, -0.2) is 43.2 Å². The number of anilines is 1. The molecular weight excluding hydrogens is 416 g/mol. The molecule has 1 fully saturated rings. The van der Waals surface area contributed by atoms with Gasteiger partial charge in [-0.05, 0) is 31.9 Å². The Balaban J connectivity index is 1.60. The van der Waals surface area contributed by atoms with E-state index in [0.29, 0.717) is 34.2 Å². The highest BCUT2D eigenvalue weighted by atomic mass is 32.1. The number of hydrogen-bond donors (Lipinski definition) is 1. The van der Waals surface area contributed by atoms with Crippen LogP contribution in [0.3, 0.4) is 0 Å². The summed E-state index contributed by atoms with van der Waals surface area (Å²) in [5.41, 5.74) is 1.39. The van der Waals surface area contributed by atoms with E-state index in [2.05, 4.69) is 20.6 Å². The summed E-state index contributed by atoms with van der Waals surface area (Å²) in [5.74, 6) is -0.388. The minimum Gasteiger partial charge on any atom is -0.376 e. The fourth-order valence-electron chi connectivity index (χ4n) is 3.71. The molecule has 3 aliphatic heterocycles. The third kappa shape index (κ3) is 3.87. The Labute approximate surface area is 181 Å². The minimum absolute atomic E-state index is 0.0587. The topological polar surface area (TPSA) is 104 Å². The molecule has 10 heteroatoms. The molecule has 3 aliphatic rings. The third-order valence-corrected chi connectivity index (χ3v) is 5.91. The van der Waals surface area contributed by atoms with Crippen molar-refractivity contribution in [1.29, 1.82) is 0 Å². The lowest BCUT2D eigenvalue weighted by molar-refractivity contribution is 0.0961. The number of nitrogens with zero attached hydrogens (tertiary/aromatic N) is 5. The summed E-state index contributed by atoms with van der Waals surface area (Å²) in [5, 5.41) is 16.3. The molecule has 1 atom stereocenters. The maximum absolute atomic E-state index is 13.2. The molecular formula is C21H20N6O3S. The van der Waals surface area contributed by atoms with E-state index in [1.807, 2.05) is 29.7 Å². The quantitative estimate of drug-likeness (QED) is 0.516. The largest absolute Gasteiger partial charge is 0.376 e. The Morgan fingerprint density at radius 1 is 1.26 bits per heavy atom. The Morgan fingerprint density at radius 3 is 2.81 bits per heavy atom. The number of benzene rings is 1. The number of rotatable bonds is 5. The molecule has 1 aromatic carbocycles. The number of fused-ring (bicyclic) bond motifs is 1. The van der Waals surface area contributed by atoms with Crippen molar-refractivity contribution in [3.63, 3.8) is 0 Å². The molecule has 1 aromatic heterocycles. The van der Waals surface area contributed by atoms with Gasteiger partial charge in [0, 0.05) is 25.5 Å². The van der Waals surface area contributed by atoms with Crippen molar-refractivity contribution in [2.24, 2.45) is 0 Å². The zero-order chi connectivity index (χ0) is 21.4. The molecule has 0 aliphatic carbocycles. The molecule has 1 N–H and O–H groups in total. The second-order valence-electron chi connectivity index (χ2n) is 7.40. The normalized spacial score (nSPS) is 16.1. The molecule has 0 bridgehead atoms. The number of carbonyl (C=O) groups excluding carboxylic acids is 1. The van der Waals surface area contributed by atoms with Crippen LogP contribution in [0.5, 0.6) is 0 Å². The number of carbonyl (C=O) groups is 1. The number of aryl methyl sites for hydroxylation is 1. The molecule has 0 radical (unpaired) electrons. The van der Waals surface area contributed by atoms with Crippen molar-refractivity contribution in [3.05, 3.63) is 63.7 Å². The van der Waals surface area contributed by atoms with Crippen molar-refractivity contribution < 1.29 is 9.53 Å². The summed E-state index contributed by atoms with van der Waals surface area (Å²) >= 11 is 1.28. The Kier molecular flexibility index (Phi) is 5.08.